The monoisotopic (exact) mass is 273 g/mol. The highest BCUT2D eigenvalue weighted by Gasteiger charge is 2.13. The summed E-state index contributed by atoms with van der Waals surface area (Å²) in [6, 6.07) is 7.36. The van der Waals surface area contributed by atoms with Gasteiger partial charge in [0.25, 0.3) is 0 Å². The van der Waals surface area contributed by atoms with Gasteiger partial charge in [-0.2, -0.15) is 0 Å². The van der Waals surface area contributed by atoms with Gasteiger partial charge in [-0.25, -0.2) is 0 Å². The quantitative estimate of drug-likeness (QED) is 0.715. The Labute approximate surface area is 86.7 Å². The van der Waals surface area contributed by atoms with E-state index in [1.807, 2.05) is 0 Å². The molecule has 12 heavy (non-hydrogen) atoms. The van der Waals surface area contributed by atoms with Crippen molar-refractivity contribution in [3.8, 4) is 0 Å². The summed E-state index contributed by atoms with van der Waals surface area (Å²) in [5.41, 5.74) is 2.99. The van der Waals surface area contributed by atoms with Crippen LogP contribution in [0.25, 0.3) is 0 Å². The summed E-state index contributed by atoms with van der Waals surface area (Å²) < 4.78 is 1.34. The van der Waals surface area contributed by atoms with Crippen molar-refractivity contribution >= 4 is 22.6 Å². The molecule has 1 aromatic carbocycles. The van der Waals surface area contributed by atoms with Crippen LogP contribution >= 0.6 is 22.6 Å². The Kier molecular flexibility index (Phi) is 2.37. The molecule has 1 aliphatic heterocycles. The van der Waals surface area contributed by atoms with Gasteiger partial charge in [-0.1, -0.05) is 6.07 Å². The predicted molar refractivity (Wildman–Crippen MR) is 59.2 cm³/mol. The van der Waals surface area contributed by atoms with Crippen molar-refractivity contribution in [3.63, 3.8) is 0 Å². The van der Waals surface area contributed by atoms with Crippen molar-refractivity contribution < 1.29 is 0 Å². The van der Waals surface area contributed by atoms with Crippen LogP contribution in [0.4, 0.5) is 0 Å². The molecule has 0 unspecified atom stereocenters. The van der Waals surface area contributed by atoms with Crippen LogP contribution in [0.1, 0.15) is 18.1 Å². The van der Waals surface area contributed by atoms with Crippen LogP contribution in [-0.2, 0) is 13.0 Å². The van der Waals surface area contributed by atoms with Gasteiger partial charge in [0.1, 0.15) is 0 Å². The summed E-state index contributed by atoms with van der Waals surface area (Å²) in [7, 11) is 0. The van der Waals surface area contributed by atoms with Crippen LogP contribution in [0.3, 0.4) is 0 Å². The zero-order valence-electron chi connectivity index (χ0n) is 7.10. The molecule has 1 heterocycles. The maximum Gasteiger partial charge on any atom is 0.0211 e. The zero-order chi connectivity index (χ0) is 8.55. The van der Waals surface area contributed by atoms with E-state index in [4.69, 9.17) is 0 Å². The molecule has 0 aliphatic carbocycles. The summed E-state index contributed by atoms with van der Waals surface area (Å²) in [5.74, 6) is 0. The molecule has 1 atom stereocenters. The lowest BCUT2D eigenvalue weighted by atomic mass is 9.97. The number of hydrogen-bond acceptors (Lipinski definition) is 1. The highest BCUT2D eigenvalue weighted by atomic mass is 127. The van der Waals surface area contributed by atoms with Crippen molar-refractivity contribution in [2.45, 2.75) is 25.9 Å². The fraction of sp³-hybridized carbons (Fsp3) is 0.400. The van der Waals surface area contributed by atoms with Gasteiger partial charge in [0, 0.05) is 16.2 Å². The molecule has 0 saturated heterocycles. The van der Waals surface area contributed by atoms with Gasteiger partial charge in [-0.3, -0.25) is 0 Å². The van der Waals surface area contributed by atoms with Gasteiger partial charge in [0.15, 0.2) is 0 Å². The first-order chi connectivity index (χ1) is 5.75. The Morgan fingerprint density at radius 1 is 1.42 bits per heavy atom. The van der Waals surface area contributed by atoms with Crippen LogP contribution in [0, 0.1) is 3.57 Å². The normalized spacial score (nSPS) is 22.0. The molecule has 1 aliphatic rings. The molecule has 0 bridgehead atoms. The van der Waals surface area contributed by atoms with Gasteiger partial charge >= 0.3 is 0 Å². The SMILES string of the molecule is C[C@H]1Cc2ccc(I)cc2CN1. The summed E-state index contributed by atoms with van der Waals surface area (Å²) in [6.45, 7) is 3.27. The van der Waals surface area contributed by atoms with E-state index >= 15 is 0 Å². The summed E-state index contributed by atoms with van der Waals surface area (Å²) in [4.78, 5) is 0. The highest BCUT2D eigenvalue weighted by molar-refractivity contribution is 14.1. The first-order valence-electron chi connectivity index (χ1n) is 4.26. The lowest BCUT2D eigenvalue weighted by molar-refractivity contribution is 0.513. The van der Waals surface area contributed by atoms with Gasteiger partial charge in [0.05, 0.1) is 0 Å². The van der Waals surface area contributed by atoms with Gasteiger partial charge < -0.3 is 5.32 Å². The van der Waals surface area contributed by atoms with E-state index in [9.17, 15) is 0 Å². The molecule has 2 heteroatoms. The smallest absolute Gasteiger partial charge is 0.0211 e. The first kappa shape index (κ1) is 8.51. The molecule has 0 radical (unpaired) electrons. The summed E-state index contributed by atoms with van der Waals surface area (Å²) >= 11 is 2.36. The van der Waals surface area contributed by atoms with Crippen molar-refractivity contribution in [2.75, 3.05) is 0 Å². The molecule has 0 fully saturated rings. The molecule has 0 spiro atoms. The molecule has 0 amide bonds. The van der Waals surface area contributed by atoms with E-state index in [0.717, 1.165) is 6.54 Å². The average molecular weight is 273 g/mol. The van der Waals surface area contributed by atoms with E-state index < -0.39 is 0 Å². The molecule has 0 saturated carbocycles. The summed E-state index contributed by atoms with van der Waals surface area (Å²) in [6.07, 6.45) is 1.17. The predicted octanol–water partition coefficient (Wildman–Crippen LogP) is 2.33. The standard InChI is InChI=1S/C10H12IN/c1-7-4-8-2-3-10(11)5-9(8)6-12-7/h2-3,5,7,12H,4,6H2,1H3/t7-/m0/s1. The Morgan fingerprint density at radius 2 is 2.25 bits per heavy atom. The van der Waals surface area contributed by atoms with Crippen LogP contribution < -0.4 is 5.32 Å². The Bertz CT molecular complexity index is 296. The number of hydrogen-bond donors (Lipinski definition) is 1. The van der Waals surface area contributed by atoms with Crippen LogP contribution in [-0.4, -0.2) is 6.04 Å². The molecule has 64 valence electrons. The van der Waals surface area contributed by atoms with E-state index in [-0.39, 0.29) is 0 Å². The number of rotatable bonds is 0. The molecule has 1 nitrogen and oxygen atoms in total. The molecular formula is C10H12IN. The second-order valence-electron chi connectivity index (χ2n) is 3.40. The summed E-state index contributed by atoms with van der Waals surface area (Å²) in [5, 5.41) is 3.46. The third-order valence-electron chi connectivity index (χ3n) is 2.34. The third kappa shape index (κ3) is 1.64. The van der Waals surface area contributed by atoms with Crippen molar-refractivity contribution in [1.29, 1.82) is 0 Å². The highest BCUT2D eigenvalue weighted by Crippen LogP contribution is 2.18. The van der Waals surface area contributed by atoms with E-state index in [0.29, 0.717) is 6.04 Å². The number of halogens is 1. The third-order valence-corrected chi connectivity index (χ3v) is 3.01. The number of benzene rings is 1. The fourth-order valence-corrected chi connectivity index (χ4v) is 2.20. The van der Waals surface area contributed by atoms with Gasteiger partial charge in [-0.15, -0.1) is 0 Å². The van der Waals surface area contributed by atoms with E-state index in [1.165, 1.54) is 21.1 Å². The lowest BCUT2D eigenvalue weighted by Crippen LogP contribution is -2.32. The number of nitrogens with one attached hydrogen (secondary N) is 1. The molecular weight excluding hydrogens is 261 g/mol. The maximum atomic E-state index is 3.46. The topological polar surface area (TPSA) is 12.0 Å². The van der Waals surface area contributed by atoms with Crippen LogP contribution in [0.2, 0.25) is 0 Å². The van der Waals surface area contributed by atoms with Crippen molar-refractivity contribution in [3.05, 3.63) is 32.9 Å². The van der Waals surface area contributed by atoms with E-state index in [1.54, 1.807) is 0 Å². The minimum absolute atomic E-state index is 0.637. The second kappa shape index (κ2) is 3.34. The Hall–Kier alpha value is -0.0900. The van der Waals surface area contributed by atoms with Gasteiger partial charge in [-0.05, 0) is 59.2 Å². The first-order valence-corrected chi connectivity index (χ1v) is 5.34. The van der Waals surface area contributed by atoms with Gasteiger partial charge in [0.2, 0.25) is 0 Å². The van der Waals surface area contributed by atoms with Crippen LogP contribution in [0.5, 0.6) is 0 Å². The minimum atomic E-state index is 0.637. The molecule has 0 aromatic heterocycles. The van der Waals surface area contributed by atoms with E-state index in [2.05, 4.69) is 53.0 Å². The maximum absolute atomic E-state index is 3.46. The lowest BCUT2D eigenvalue weighted by Gasteiger charge is -2.23. The average Bonchev–Trinajstić information content (AvgIpc) is 2.05. The number of fused-ring (bicyclic) bond motifs is 1. The fourth-order valence-electron chi connectivity index (χ4n) is 1.64. The molecule has 1 aromatic rings. The second-order valence-corrected chi connectivity index (χ2v) is 4.64. The van der Waals surface area contributed by atoms with Crippen LogP contribution in [0.15, 0.2) is 18.2 Å². The van der Waals surface area contributed by atoms with Crippen molar-refractivity contribution in [2.24, 2.45) is 0 Å². The Morgan fingerprint density at radius 3 is 3.08 bits per heavy atom. The largest absolute Gasteiger partial charge is 0.310 e. The zero-order valence-corrected chi connectivity index (χ0v) is 9.26. The molecule has 2 rings (SSSR count). The van der Waals surface area contributed by atoms with Crippen molar-refractivity contribution in [1.82, 2.24) is 5.32 Å². The Balaban J connectivity index is 2.37. The minimum Gasteiger partial charge on any atom is -0.310 e. The molecule has 1 N–H and O–H groups in total.